The maximum atomic E-state index is 12.8. The molecular formula is C18H16ClN5OS. The second-order valence-electron chi connectivity index (χ2n) is 6.04. The van der Waals surface area contributed by atoms with Gasteiger partial charge in [0.15, 0.2) is 0 Å². The van der Waals surface area contributed by atoms with Crippen LogP contribution in [0.25, 0.3) is 5.69 Å². The summed E-state index contributed by atoms with van der Waals surface area (Å²) in [5.41, 5.74) is 1.71. The Labute approximate surface area is 159 Å². The summed E-state index contributed by atoms with van der Waals surface area (Å²) in [6.45, 7) is 0. The Bertz CT molecular complexity index is 895. The normalized spacial score (nSPS) is 14.8. The molecule has 6 nitrogen and oxygen atoms in total. The van der Waals surface area contributed by atoms with Crippen molar-refractivity contribution in [3.8, 4) is 5.69 Å². The van der Waals surface area contributed by atoms with Crippen LogP contribution in [-0.4, -0.2) is 32.2 Å². The van der Waals surface area contributed by atoms with Crippen molar-refractivity contribution < 1.29 is 4.79 Å². The summed E-state index contributed by atoms with van der Waals surface area (Å²) in [5, 5.41) is 15.8. The molecule has 0 aliphatic heterocycles. The first kappa shape index (κ1) is 17.1. The molecule has 1 atom stereocenters. The number of tetrazole rings is 1. The van der Waals surface area contributed by atoms with E-state index in [4.69, 9.17) is 11.6 Å². The highest BCUT2D eigenvalue weighted by atomic mass is 35.5. The van der Waals surface area contributed by atoms with E-state index in [2.05, 4.69) is 20.8 Å². The number of carbonyl (C=O) groups excluding carboxylic acids is 1. The van der Waals surface area contributed by atoms with Gasteiger partial charge in [-0.15, -0.1) is 5.10 Å². The molecule has 0 radical (unpaired) electrons. The topological polar surface area (TPSA) is 72.7 Å². The third kappa shape index (κ3) is 3.89. The molecule has 1 saturated carbocycles. The molecule has 1 fully saturated rings. The molecule has 0 spiro atoms. The van der Waals surface area contributed by atoms with E-state index in [1.54, 1.807) is 16.8 Å². The van der Waals surface area contributed by atoms with Crippen molar-refractivity contribution >= 4 is 29.3 Å². The minimum Gasteiger partial charge on any atom is -0.352 e. The molecular weight excluding hydrogens is 370 g/mol. The van der Waals surface area contributed by atoms with E-state index in [0.29, 0.717) is 16.2 Å². The lowest BCUT2D eigenvalue weighted by Crippen LogP contribution is -2.29. The standard InChI is InChI=1S/C18H16ClN5OS/c19-13-6-10-15(11-7-13)24-18(21-22-23-24)26-16(12-4-2-1-3-5-12)17(25)20-14-8-9-14/h1-7,10-11,14,16H,8-9H2,(H,20,25)/t16-/m0/s1. The fourth-order valence-electron chi connectivity index (χ4n) is 2.51. The van der Waals surface area contributed by atoms with Gasteiger partial charge in [-0.2, -0.15) is 4.68 Å². The van der Waals surface area contributed by atoms with Gasteiger partial charge in [-0.25, -0.2) is 0 Å². The molecule has 1 aromatic heterocycles. The molecule has 2 aromatic carbocycles. The van der Waals surface area contributed by atoms with E-state index in [1.165, 1.54) is 11.8 Å². The van der Waals surface area contributed by atoms with Gasteiger partial charge < -0.3 is 5.32 Å². The Morgan fingerprint density at radius 3 is 2.58 bits per heavy atom. The van der Waals surface area contributed by atoms with Crippen LogP contribution in [0, 0.1) is 0 Å². The molecule has 26 heavy (non-hydrogen) atoms. The minimum atomic E-state index is -0.422. The van der Waals surface area contributed by atoms with Crippen LogP contribution in [0.1, 0.15) is 23.7 Å². The zero-order valence-electron chi connectivity index (χ0n) is 13.7. The number of thioether (sulfide) groups is 1. The summed E-state index contributed by atoms with van der Waals surface area (Å²) < 4.78 is 1.61. The summed E-state index contributed by atoms with van der Waals surface area (Å²) in [7, 11) is 0. The van der Waals surface area contributed by atoms with Crippen molar-refractivity contribution in [2.75, 3.05) is 0 Å². The van der Waals surface area contributed by atoms with Crippen molar-refractivity contribution in [2.45, 2.75) is 29.3 Å². The average Bonchev–Trinajstić information content (AvgIpc) is 3.35. The van der Waals surface area contributed by atoms with Crippen LogP contribution in [0.4, 0.5) is 0 Å². The maximum Gasteiger partial charge on any atom is 0.238 e. The van der Waals surface area contributed by atoms with E-state index in [0.717, 1.165) is 24.1 Å². The highest BCUT2D eigenvalue weighted by molar-refractivity contribution is 8.00. The van der Waals surface area contributed by atoms with Gasteiger partial charge in [0.05, 0.1) is 5.69 Å². The average molecular weight is 386 g/mol. The van der Waals surface area contributed by atoms with E-state index >= 15 is 0 Å². The number of benzene rings is 2. The summed E-state index contributed by atoms with van der Waals surface area (Å²) in [4.78, 5) is 12.8. The quantitative estimate of drug-likeness (QED) is 0.658. The van der Waals surface area contributed by atoms with Gasteiger partial charge in [-0.05, 0) is 53.1 Å². The lowest BCUT2D eigenvalue weighted by molar-refractivity contribution is -0.120. The predicted octanol–water partition coefficient (Wildman–Crippen LogP) is 3.43. The molecule has 1 N–H and O–H groups in total. The summed E-state index contributed by atoms with van der Waals surface area (Å²) in [6, 6.07) is 17.2. The van der Waals surface area contributed by atoms with Crippen LogP contribution in [0.2, 0.25) is 5.02 Å². The van der Waals surface area contributed by atoms with Gasteiger partial charge >= 0.3 is 0 Å². The van der Waals surface area contributed by atoms with Crippen LogP contribution >= 0.6 is 23.4 Å². The predicted molar refractivity (Wildman–Crippen MR) is 100 cm³/mol. The number of carbonyl (C=O) groups is 1. The van der Waals surface area contributed by atoms with Gasteiger partial charge in [0.25, 0.3) is 0 Å². The maximum absolute atomic E-state index is 12.8. The second kappa shape index (κ2) is 7.47. The lowest BCUT2D eigenvalue weighted by Gasteiger charge is -2.16. The molecule has 8 heteroatoms. The van der Waals surface area contributed by atoms with Crippen LogP contribution < -0.4 is 5.32 Å². The number of amides is 1. The van der Waals surface area contributed by atoms with Gasteiger partial charge in [0, 0.05) is 11.1 Å². The third-order valence-electron chi connectivity index (χ3n) is 4.00. The van der Waals surface area contributed by atoms with Crippen molar-refractivity contribution in [2.24, 2.45) is 0 Å². The zero-order valence-corrected chi connectivity index (χ0v) is 15.3. The number of nitrogens with zero attached hydrogens (tertiary/aromatic N) is 4. The number of aromatic nitrogens is 4. The zero-order chi connectivity index (χ0) is 17.9. The first-order chi connectivity index (χ1) is 12.7. The Morgan fingerprint density at radius 1 is 1.15 bits per heavy atom. The molecule has 1 heterocycles. The summed E-state index contributed by atoms with van der Waals surface area (Å²) in [5.74, 6) is -0.0191. The summed E-state index contributed by atoms with van der Waals surface area (Å²) >= 11 is 7.29. The van der Waals surface area contributed by atoms with Gasteiger partial charge in [0.2, 0.25) is 11.1 Å². The number of nitrogens with one attached hydrogen (secondary N) is 1. The minimum absolute atomic E-state index is 0.0191. The second-order valence-corrected chi connectivity index (χ2v) is 7.55. The largest absolute Gasteiger partial charge is 0.352 e. The number of rotatable bonds is 6. The van der Waals surface area contributed by atoms with Gasteiger partial charge in [-0.3, -0.25) is 4.79 Å². The Morgan fingerprint density at radius 2 is 1.88 bits per heavy atom. The molecule has 3 aromatic rings. The van der Waals surface area contributed by atoms with Crippen LogP contribution in [-0.2, 0) is 4.79 Å². The smallest absolute Gasteiger partial charge is 0.238 e. The monoisotopic (exact) mass is 385 g/mol. The van der Waals surface area contributed by atoms with E-state index < -0.39 is 5.25 Å². The van der Waals surface area contributed by atoms with Gasteiger partial charge in [-0.1, -0.05) is 53.7 Å². The molecule has 1 aliphatic rings. The number of hydrogen-bond donors (Lipinski definition) is 1. The molecule has 1 amide bonds. The molecule has 0 unspecified atom stereocenters. The fraction of sp³-hybridized carbons (Fsp3) is 0.222. The van der Waals surface area contributed by atoms with E-state index in [9.17, 15) is 4.79 Å². The van der Waals surface area contributed by atoms with E-state index in [-0.39, 0.29) is 5.91 Å². The summed E-state index contributed by atoms with van der Waals surface area (Å²) in [6.07, 6.45) is 2.08. The first-order valence-corrected chi connectivity index (χ1v) is 9.53. The highest BCUT2D eigenvalue weighted by Gasteiger charge is 2.30. The van der Waals surface area contributed by atoms with Crippen molar-refractivity contribution in [1.29, 1.82) is 0 Å². The highest BCUT2D eigenvalue weighted by Crippen LogP contribution is 2.35. The SMILES string of the molecule is O=C(NC1CC1)[C@@H](Sc1nnnn1-c1ccc(Cl)cc1)c1ccccc1. The molecule has 0 bridgehead atoms. The molecule has 4 rings (SSSR count). The van der Waals surface area contributed by atoms with Crippen LogP contribution in [0.15, 0.2) is 59.8 Å². The third-order valence-corrected chi connectivity index (χ3v) is 5.44. The van der Waals surface area contributed by atoms with Crippen molar-refractivity contribution in [3.63, 3.8) is 0 Å². The van der Waals surface area contributed by atoms with E-state index in [1.807, 2.05) is 42.5 Å². The van der Waals surface area contributed by atoms with Crippen molar-refractivity contribution in [1.82, 2.24) is 25.5 Å². The Hall–Kier alpha value is -2.38. The Balaban J connectivity index is 1.63. The molecule has 0 saturated heterocycles. The Kier molecular flexibility index (Phi) is 4.90. The number of hydrogen-bond acceptors (Lipinski definition) is 5. The molecule has 132 valence electrons. The van der Waals surface area contributed by atoms with Gasteiger partial charge in [0.1, 0.15) is 5.25 Å². The number of halogens is 1. The fourth-order valence-corrected chi connectivity index (χ4v) is 3.64. The van der Waals surface area contributed by atoms with Crippen LogP contribution in [0.3, 0.4) is 0 Å². The van der Waals surface area contributed by atoms with Crippen LogP contribution in [0.5, 0.6) is 0 Å². The first-order valence-electron chi connectivity index (χ1n) is 8.27. The van der Waals surface area contributed by atoms with Crippen molar-refractivity contribution in [3.05, 3.63) is 65.2 Å². The molecule has 1 aliphatic carbocycles. The lowest BCUT2D eigenvalue weighted by atomic mass is 10.1.